The Hall–Kier alpha value is -3.62. The first-order valence-corrected chi connectivity index (χ1v) is 8.30. The van der Waals surface area contributed by atoms with Crippen molar-refractivity contribution in [2.45, 2.75) is 6.92 Å². The predicted molar refractivity (Wildman–Crippen MR) is 101 cm³/mol. The van der Waals surface area contributed by atoms with Crippen molar-refractivity contribution in [2.75, 3.05) is 30.3 Å². The van der Waals surface area contributed by atoms with Crippen LogP contribution in [0.1, 0.15) is 17.3 Å². The number of benzene rings is 2. The molecule has 0 aromatic heterocycles. The van der Waals surface area contributed by atoms with Gasteiger partial charge in [0.15, 0.2) is 0 Å². The summed E-state index contributed by atoms with van der Waals surface area (Å²) in [5.41, 5.74) is 1.32. The van der Waals surface area contributed by atoms with Crippen molar-refractivity contribution >= 4 is 29.1 Å². The van der Waals surface area contributed by atoms with Crippen molar-refractivity contribution in [2.24, 2.45) is 0 Å². The van der Waals surface area contributed by atoms with Crippen LogP contribution >= 0.6 is 0 Å². The average Bonchev–Trinajstić information content (AvgIpc) is 2.66. The van der Waals surface area contributed by atoms with Crippen molar-refractivity contribution < 1.29 is 19.2 Å². The van der Waals surface area contributed by atoms with Crippen LogP contribution in [0.2, 0.25) is 0 Å². The fraction of sp³-hybridized carbons (Fsp3) is 0.222. The molecule has 3 N–H and O–H groups in total. The summed E-state index contributed by atoms with van der Waals surface area (Å²) in [4.78, 5) is 33.9. The average molecular weight is 372 g/mol. The number of carbonyl (C=O) groups is 2. The Labute approximate surface area is 155 Å². The fourth-order valence-corrected chi connectivity index (χ4v) is 2.25. The number of ether oxygens (including phenoxy) is 1. The third-order valence-electron chi connectivity index (χ3n) is 3.50. The van der Waals surface area contributed by atoms with E-state index in [9.17, 15) is 19.7 Å². The number of nitro benzene ring substituents is 1. The number of para-hydroxylation sites is 2. The number of rotatable bonds is 8. The maximum atomic E-state index is 12.1. The molecule has 2 rings (SSSR count). The van der Waals surface area contributed by atoms with Crippen molar-refractivity contribution in [3.8, 4) is 0 Å². The van der Waals surface area contributed by atoms with Crippen LogP contribution in [0, 0.1) is 10.1 Å². The standard InChI is InChI=1S/C18H20N4O5/c1-2-27-18(24)21-14-9-7-13(8-10-14)17(23)20-12-11-19-15-5-3-4-6-16(15)22(25)26/h3-10,19H,2,11-12H2,1H3,(H,20,23)(H,21,24). The molecule has 0 aliphatic heterocycles. The summed E-state index contributed by atoms with van der Waals surface area (Å²) < 4.78 is 4.77. The van der Waals surface area contributed by atoms with Crippen LogP contribution in [0.4, 0.5) is 21.9 Å². The Kier molecular flexibility index (Phi) is 7.12. The predicted octanol–water partition coefficient (Wildman–Crippen LogP) is 3.01. The summed E-state index contributed by atoms with van der Waals surface area (Å²) in [6, 6.07) is 12.6. The summed E-state index contributed by atoms with van der Waals surface area (Å²) in [5, 5.41) is 19.1. The van der Waals surface area contributed by atoms with Crippen LogP contribution in [0.15, 0.2) is 48.5 Å². The van der Waals surface area contributed by atoms with E-state index >= 15 is 0 Å². The van der Waals surface area contributed by atoms with Gasteiger partial charge in [-0.25, -0.2) is 4.79 Å². The zero-order valence-electron chi connectivity index (χ0n) is 14.7. The molecule has 0 spiro atoms. The number of carbonyl (C=O) groups excluding carboxylic acids is 2. The highest BCUT2D eigenvalue weighted by atomic mass is 16.6. The van der Waals surface area contributed by atoms with Crippen LogP contribution in [-0.2, 0) is 4.74 Å². The number of hydrogen-bond acceptors (Lipinski definition) is 6. The van der Waals surface area contributed by atoms with Crippen LogP contribution in [-0.4, -0.2) is 36.6 Å². The third-order valence-corrected chi connectivity index (χ3v) is 3.50. The van der Waals surface area contributed by atoms with Crippen LogP contribution < -0.4 is 16.0 Å². The second kappa shape index (κ2) is 9.76. The first-order valence-electron chi connectivity index (χ1n) is 8.30. The number of anilines is 2. The van der Waals surface area contributed by atoms with Gasteiger partial charge in [-0.15, -0.1) is 0 Å². The minimum atomic E-state index is -0.559. The van der Waals surface area contributed by atoms with E-state index in [-0.39, 0.29) is 24.7 Å². The van der Waals surface area contributed by atoms with Crippen LogP contribution in [0.25, 0.3) is 0 Å². The second-order valence-corrected chi connectivity index (χ2v) is 5.38. The largest absolute Gasteiger partial charge is 0.450 e. The Bertz CT molecular complexity index is 808. The molecule has 9 heteroatoms. The molecule has 0 saturated heterocycles. The summed E-state index contributed by atoms with van der Waals surface area (Å²) in [7, 11) is 0. The topological polar surface area (TPSA) is 123 Å². The number of nitrogens with zero attached hydrogens (tertiary/aromatic N) is 1. The first-order chi connectivity index (χ1) is 13.0. The molecule has 0 saturated carbocycles. The molecule has 9 nitrogen and oxygen atoms in total. The summed E-state index contributed by atoms with van der Waals surface area (Å²) >= 11 is 0. The van der Waals surface area contributed by atoms with Crippen molar-refractivity contribution in [3.63, 3.8) is 0 Å². The van der Waals surface area contributed by atoms with E-state index in [1.165, 1.54) is 6.07 Å². The van der Waals surface area contributed by atoms with E-state index in [0.717, 1.165) is 0 Å². The van der Waals surface area contributed by atoms with E-state index in [0.29, 0.717) is 23.5 Å². The molecule has 0 unspecified atom stereocenters. The highest BCUT2D eigenvalue weighted by Crippen LogP contribution is 2.22. The smallest absolute Gasteiger partial charge is 0.411 e. The summed E-state index contributed by atoms with van der Waals surface area (Å²) in [5.74, 6) is -0.290. The van der Waals surface area contributed by atoms with Gasteiger partial charge in [0.05, 0.1) is 11.5 Å². The molecule has 2 amide bonds. The zero-order chi connectivity index (χ0) is 19.6. The van der Waals surface area contributed by atoms with E-state index < -0.39 is 11.0 Å². The van der Waals surface area contributed by atoms with Gasteiger partial charge in [0.1, 0.15) is 5.69 Å². The molecule has 0 bridgehead atoms. The lowest BCUT2D eigenvalue weighted by molar-refractivity contribution is -0.384. The summed E-state index contributed by atoms with van der Waals surface area (Å²) in [6.45, 7) is 2.59. The monoisotopic (exact) mass is 372 g/mol. The van der Waals surface area contributed by atoms with Gasteiger partial charge in [0.25, 0.3) is 11.6 Å². The van der Waals surface area contributed by atoms with Crippen LogP contribution in [0.3, 0.4) is 0 Å². The highest BCUT2D eigenvalue weighted by Gasteiger charge is 2.11. The number of hydrogen-bond donors (Lipinski definition) is 3. The molecule has 0 radical (unpaired) electrons. The quantitative estimate of drug-likeness (QED) is 0.372. The minimum absolute atomic E-state index is 0.0199. The Balaban J connectivity index is 1.81. The minimum Gasteiger partial charge on any atom is -0.450 e. The lowest BCUT2D eigenvalue weighted by atomic mass is 10.2. The second-order valence-electron chi connectivity index (χ2n) is 5.38. The molecule has 0 fully saturated rings. The van der Waals surface area contributed by atoms with Crippen molar-refractivity contribution in [3.05, 3.63) is 64.2 Å². The Morgan fingerprint density at radius 2 is 1.78 bits per heavy atom. The normalized spacial score (nSPS) is 9.96. The molecule has 0 aliphatic carbocycles. The molecule has 0 aliphatic rings. The molecule has 2 aromatic rings. The molecule has 27 heavy (non-hydrogen) atoms. The number of nitrogens with one attached hydrogen (secondary N) is 3. The van der Waals surface area contributed by atoms with Gasteiger partial charge in [0.2, 0.25) is 0 Å². The van der Waals surface area contributed by atoms with E-state index in [1.807, 2.05) is 0 Å². The molecular formula is C18H20N4O5. The lowest BCUT2D eigenvalue weighted by Crippen LogP contribution is -2.28. The van der Waals surface area contributed by atoms with Crippen molar-refractivity contribution in [1.82, 2.24) is 5.32 Å². The summed E-state index contributed by atoms with van der Waals surface area (Å²) in [6.07, 6.45) is -0.559. The van der Waals surface area contributed by atoms with Gasteiger partial charge >= 0.3 is 6.09 Å². The highest BCUT2D eigenvalue weighted by molar-refractivity contribution is 5.95. The SMILES string of the molecule is CCOC(=O)Nc1ccc(C(=O)NCCNc2ccccc2[N+](=O)[O-])cc1. The molecule has 0 heterocycles. The molecule has 0 atom stereocenters. The Morgan fingerprint density at radius 1 is 1.07 bits per heavy atom. The van der Waals surface area contributed by atoms with E-state index in [2.05, 4.69) is 16.0 Å². The molecular weight excluding hydrogens is 352 g/mol. The zero-order valence-corrected chi connectivity index (χ0v) is 14.7. The Morgan fingerprint density at radius 3 is 2.44 bits per heavy atom. The molecule has 142 valence electrons. The van der Waals surface area contributed by atoms with E-state index in [4.69, 9.17) is 4.74 Å². The lowest BCUT2D eigenvalue weighted by Gasteiger charge is -2.09. The van der Waals surface area contributed by atoms with Gasteiger partial charge in [0, 0.05) is 30.4 Å². The first kappa shape index (κ1) is 19.7. The van der Waals surface area contributed by atoms with E-state index in [1.54, 1.807) is 49.4 Å². The van der Waals surface area contributed by atoms with Gasteiger partial charge in [-0.2, -0.15) is 0 Å². The van der Waals surface area contributed by atoms with Gasteiger partial charge < -0.3 is 15.4 Å². The molecule has 2 aromatic carbocycles. The number of amides is 2. The fourth-order valence-electron chi connectivity index (χ4n) is 2.25. The van der Waals surface area contributed by atoms with Crippen LogP contribution in [0.5, 0.6) is 0 Å². The van der Waals surface area contributed by atoms with Gasteiger partial charge in [-0.3, -0.25) is 20.2 Å². The van der Waals surface area contributed by atoms with Gasteiger partial charge in [-0.1, -0.05) is 12.1 Å². The maximum absolute atomic E-state index is 12.1. The van der Waals surface area contributed by atoms with Gasteiger partial charge in [-0.05, 0) is 37.3 Å². The van der Waals surface area contributed by atoms with Crippen molar-refractivity contribution in [1.29, 1.82) is 0 Å². The third kappa shape index (κ3) is 5.99. The number of nitro groups is 1. The maximum Gasteiger partial charge on any atom is 0.411 e.